The lowest BCUT2D eigenvalue weighted by molar-refractivity contribution is -0.201. The zero-order valence-corrected chi connectivity index (χ0v) is 8.84. The summed E-state index contributed by atoms with van der Waals surface area (Å²) < 4.78 is 35.5. The molecule has 5 nitrogen and oxygen atoms in total. The summed E-state index contributed by atoms with van der Waals surface area (Å²) >= 11 is 0. The molecule has 0 aromatic rings. The summed E-state index contributed by atoms with van der Waals surface area (Å²) in [5.41, 5.74) is 0. The molecule has 94 valence electrons. The molecule has 0 saturated heterocycles. The first-order valence-electron chi connectivity index (χ1n) is 4.37. The number of hydrogen-bond donors (Lipinski definition) is 2. The van der Waals surface area contributed by atoms with Crippen LogP contribution in [-0.2, 0) is 9.59 Å². The van der Waals surface area contributed by atoms with Crippen molar-refractivity contribution in [2.45, 2.75) is 19.2 Å². The SMILES string of the molecule is CC(=O)N(C)CC(=O)NCC(O)C(F)(F)F. The molecule has 1 atom stereocenters. The van der Waals surface area contributed by atoms with Crippen molar-refractivity contribution in [2.75, 3.05) is 20.1 Å². The number of aliphatic hydroxyl groups is 1. The van der Waals surface area contributed by atoms with Gasteiger partial charge in [0.15, 0.2) is 6.10 Å². The molecular weight excluding hydrogens is 229 g/mol. The Balaban J connectivity index is 3.95. The van der Waals surface area contributed by atoms with Gasteiger partial charge in [0.05, 0.1) is 13.1 Å². The van der Waals surface area contributed by atoms with E-state index in [0.717, 1.165) is 4.90 Å². The highest BCUT2D eigenvalue weighted by molar-refractivity contribution is 5.83. The third kappa shape index (κ3) is 5.54. The van der Waals surface area contributed by atoms with Gasteiger partial charge in [0.1, 0.15) is 0 Å². The number of nitrogens with zero attached hydrogens (tertiary/aromatic N) is 1. The highest BCUT2D eigenvalue weighted by Gasteiger charge is 2.38. The first-order chi connectivity index (χ1) is 7.14. The minimum Gasteiger partial charge on any atom is -0.382 e. The summed E-state index contributed by atoms with van der Waals surface area (Å²) in [4.78, 5) is 22.7. The van der Waals surface area contributed by atoms with E-state index in [9.17, 15) is 22.8 Å². The van der Waals surface area contributed by atoms with Gasteiger partial charge in [-0.25, -0.2) is 0 Å². The number of hydrogen-bond acceptors (Lipinski definition) is 3. The van der Waals surface area contributed by atoms with Crippen molar-refractivity contribution in [3.05, 3.63) is 0 Å². The molecule has 0 bridgehead atoms. The predicted octanol–water partition coefficient (Wildman–Crippen LogP) is -0.496. The lowest BCUT2D eigenvalue weighted by atomic mass is 10.3. The first kappa shape index (κ1) is 14.7. The Bertz CT molecular complexity index is 268. The number of nitrogens with one attached hydrogen (secondary N) is 1. The van der Waals surface area contributed by atoms with Gasteiger partial charge in [-0.3, -0.25) is 9.59 Å². The molecule has 2 N–H and O–H groups in total. The number of likely N-dealkylation sites (N-methyl/N-ethyl adjacent to an activating group) is 1. The number of carbonyl (C=O) groups is 2. The number of carbonyl (C=O) groups excluding carboxylic acids is 2. The van der Waals surface area contributed by atoms with Crippen molar-refractivity contribution in [1.29, 1.82) is 0 Å². The van der Waals surface area contributed by atoms with E-state index in [1.165, 1.54) is 14.0 Å². The summed E-state index contributed by atoms with van der Waals surface area (Å²) in [6.45, 7) is -0.0498. The van der Waals surface area contributed by atoms with Gasteiger partial charge in [0.25, 0.3) is 0 Å². The second-order valence-corrected chi connectivity index (χ2v) is 3.24. The Morgan fingerprint density at radius 3 is 2.31 bits per heavy atom. The van der Waals surface area contributed by atoms with Crippen LogP contribution >= 0.6 is 0 Å². The van der Waals surface area contributed by atoms with Crippen LogP contribution in [0.5, 0.6) is 0 Å². The van der Waals surface area contributed by atoms with Crippen LogP contribution in [0.1, 0.15) is 6.92 Å². The topological polar surface area (TPSA) is 69.6 Å². The molecule has 0 aliphatic carbocycles. The molecule has 0 spiro atoms. The molecule has 1 unspecified atom stereocenters. The van der Waals surface area contributed by atoms with Gasteiger partial charge in [-0.05, 0) is 0 Å². The fourth-order valence-electron chi connectivity index (χ4n) is 0.709. The molecule has 0 fully saturated rings. The predicted molar refractivity (Wildman–Crippen MR) is 48.4 cm³/mol. The molecule has 8 heteroatoms. The number of amides is 2. The van der Waals surface area contributed by atoms with Crippen LogP contribution in [0.2, 0.25) is 0 Å². The molecule has 0 aliphatic heterocycles. The number of halogens is 3. The van der Waals surface area contributed by atoms with E-state index in [-0.39, 0.29) is 12.5 Å². The van der Waals surface area contributed by atoms with Gasteiger partial charge < -0.3 is 15.3 Å². The van der Waals surface area contributed by atoms with Gasteiger partial charge in [-0.2, -0.15) is 13.2 Å². The van der Waals surface area contributed by atoms with Crippen molar-refractivity contribution in [3.63, 3.8) is 0 Å². The second-order valence-electron chi connectivity index (χ2n) is 3.24. The first-order valence-corrected chi connectivity index (χ1v) is 4.37. The van der Waals surface area contributed by atoms with Gasteiger partial charge >= 0.3 is 6.18 Å². The molecule has 0 heterocycles. The maximum Gasteiger partial charge on any atom is 0.416 e. The van der Waals surface area contributed by atoms with E-state index in [2.05, 4.69) is 0 Å². The maximum absolute atomic E-state index is 11.8. The Kier molecular flexibility index (Phi) is 5.22. The van der Waals surface area contributed by atoms with E-state index in [1.54, 1.807) is 0 Å². The lowest BCUT2D eigenvalue weighted by Crippen LogP contribution is -2.44. The molecule has 0 rings (SSSR count). The third-order valence-corrected chi connectivity index (χ3v) is 1.79. The normalized spacial score (nSPS) is 13.1. The summed E-state index contributed by atoms with van der Waals surface area (Å²) in [6.07, 6.45) is -7.36. The minimum atomic E-state index is -4.76. The van der Waals surface area contributed by atoms with Crippen LogP contribution in [0.4, 0.5) is 13.2 Å². The largest absolute Gasteiger partial charge is 0.416 e. The number of rotatable bonds is 4. The Labute approximate surface area is 90.2 Å². The molecule has 2 amide bonds. The molecule has 16 heavy (non-hydrogen) atoms. The highest BCUT2D eigenvalue weighted by Crippen LogP contribution is 2.18. The number of aliphatic hydroxyl groups excluding tert-OH is 1. The van der Waals surface area contributed by atoms with Gasteiger partial charge in [0.2, 0.25) is 11.8 Å². The summed E-state index contributed by atoms with van der Waals surface area (Å²) in [6, 6.07) is 0. The molecule has 0 saturated carbocycles. The van der Waals surface area contributed by atoms with Crippen LogP contribution in [0.15, 0.2) is 0 Å². The maximum atomic E-state index is 11.8. The van der Waals surface area contributed by atoms with Crippen LogP contribution in [0.25, 0.3) is 0 Å². The molecule has 0 radical (unpaired) electrons. The third-order valence-electron chi connectivity index (χ3n) is 1.79. The lowest BCUT2D eigenvalue weighted by Gasteiger charge is -2.17. The Hall–Kier alpha value is -1.31. The summed E-state index contributed by atoms with van der Waals surface area (Å²) in [5, 5.41) is 10.4. The standard InChI is InChI=1S/C8H13F3N2O3/c1-5(14)13(2)4-7(16)12-3-6(15)8(9,10)11/h6,15H,3-4H2,1-2H3,(H,12,16). The second kappa shape index (κ2) is 5.69. The summed E-state index contributed by atoms with van der Waals surface area (Å²) in [5.74, 6) is -1.15. The van der Waals surface area contributed by atoms with Crippen LogP contribution in [0.3, 0.4) is 0 Å². The molecule has 0 aliphatic rings. The van der Waals surface area contributed by atoms with Crippen molar-refractivity contribution < 1.29 is 27.9 Å². The zero-order valence-electron chi connectivity index (χ0n) is 8.84. The van der Waals surface area contributed by atoms with Crippen LogP contribution in [0, 0.1) is 0 Å². The van der Waals surface area contributed by atoms with Crippen molar-refractivity contribution >= 4 is 11.8 Å². The fraction of sp³-hybridized carbons (Fsp3) is 0.750. The van der Waals surface area contributed by atoms with Crippen LogP contribution in [-0.4, -0.2) is 54.2 Å². The molecule has 0 aromatic heterocycles. The Morgan fingerprint density at radius 2 is 1.94 bits per heavy atom. The number of alkyl halides is 3. The van der Waals surface area contributed by atoms with E-state index in [4.69, 9.17) is 5.11 Å². The van der Waals surface area contributed by atoms with E-state index in [0.29, 0.717) is 0 Å². The molecule has 0 aromatic carbocycles. The van der Waals surface area contributed by atoms with Crippen molar-refractivity contribution in [2.24, 2.45) is 0 Å². The van der Waals surface area contributed by atoms with Gasteiger partial charge in [-0.15, -0.1) is 0 Å². The highest BCUT2D eigenvalue weighted by atomic mass is 19.4. The van der Waals surface area contributed by atoms with E-state index in [1.807, 2.05) is 5.32 Å². The van der Waals surface area contributed by atoms with E-state index >= 15 is 0 Å². The van der Waals surface area contributed by atoms with Crippen molar-refractivity contribution in [3.8, 4) is 0 Å². The zero-order chi connectivity index (χ0) is 12.9. The molecular formula is C8H13F3N2O3. The smallest absolute Gasteiger partial charge is 0.382 e. The minimum absolute atomic E-state index is 0.347. The van der Waals surface area contributed by atoms with Gasteiger partial charge in [0, 0.05) is 14.0 Å². The van der Waals surface area contributed by atoms with Gasteiger partial charge in [-0.1, -0.05) is 0 Å². The van der Waals surface area contributed by atoms with Crippen molar-refractivity contribution in [1.82, 2.24) is 10.2 Å². The summed E-state index contributed by atoms with van der Waals surface area (Å²) in [7, 11) is 1.34. The quantitative estimate of drug-likeness (QED) is 0.698. The average molecular weight is 242 g/mol. The van der Waals surface area contributed by atoms with E-state index < -0.39 is 24.7 Å². The Morgan fingerprint density at radius 1 is 1.44 bits per heavy atom. The fourth-order valence-corrected chi connectivity index (χ4v) is 0.709. The average Bonchev–Trinajstić information content (AvgIpc) is 2.12. The van der Waals surface area contributed by atoms with Crippen LogP contribution < -0.4 is 5.32 Å². The monoisotopic (exact) mass is 242 g/mol.